The van der Waals surface area contributed by atoms with E-state index in [1.165, 1.54) is 12.1 Å². The van der Waals surface area contributed by atoms with E-state index < -0.39 is 34.4 Å². The first kappa shape index (κ1) is 14.2. The Balaban J connectivity index is 3.13. The van der Waals surface area contributed by atoms with Crippen molar-refractivity contribution in [1.29, 1.82) is 0 Å². The fraction of sp³-hybridized carbons (Fsp3) is 0.300. The van der Waals surface area contributed by atoms with Gasteiger partial charge >= 0.3 is 105 Å². The van der Waals surface area contributed by atoms with Crippen LogP contribution in [0.2, 0.25) is 0 Å². The van der Waals surface area contributed by atoms with E-state index in [1.807, 2.05) is 0 Å². The van der Waals surface area contributed by atoms with Crippen LogP contribution in [0.15, 0.2) is 12.1 Å². The Labute approximate surface area is 105 Å². The maximum absolute atomic E-state index is 13.6. The topological polar surface area (TPSA) is 77.2 Å². The van der Waals surface area contributed by atoms with E-state index in [9.17, 15) is 17.6 Å². The van der Waals surface area contributed by atoms with E-state index in [4.69, 9.17) is 5.73 Å². The summed E-state index contributed by atoms with van der Waals surface area (Å²) in [7, 11) is -3.12. The Bertz CT molecular complexity index is 557. The SMILES string of the molecule is Cc1cc(CC(N)=O)c(F)cc1[As]S(C)(=O)=O. The van der Waals surface area contributed by atoms with Crippen molar-refractivity contribution in [1.82, 2.24) is 0 Å². The molecule has 0 heterocycles. The van der Waals surface area contributed by atoms with Crippen molar-refractivity contribution in [3.05, 3.63) is 29.1 Å². The summed E-state index contributed by atoms with van der Waals surface area (Å²) in [6.45, 7) is 1.69. The molecule has 17 heavy (non-hydrogen) atoms. The quantitative estimate of drug-likeness (QED) is 0.756. The van der Waals surface area contributed by atoms with E-state index in [0.717, 1.165) is 6.26 Å². The number of halogens is 1. The zero-order valence-electron chi connectivity index (χ0n) is 9.40. The van der Waals surface area contributed by atoms with Gasteiger partial charge < -0.3 is 0 Å². The summed E-state index contributed by atoms with van der Waals surface area (Å²) >= 11 is -1.12. The van der Waals surface area contributed by atoms with Gasteiger partial charge in [0, 0.05) is 0 Å². The summed E-state index contributed by atoms with van der Waals surface area (Å²) in [6.07, 6.45) is 0.948. The third-order valence-electron chi connectivity index (χ3n) is 1.99. The summed E-state index contributed by atoms with van der Waals surface area (Å²) in [5.74, 6) is -1.20. The minimum atomic E-state index is -3.12. The Morgan fingerprint density at radius 2 is 2.06 bits per heavy atom. The van der Waals surface area contributed by atoms with Crippen molar-refractivity contribution < 1.29 is 17.6 Å². The molecular weight excluding hydrogens is 308 g/mol. The summed E-state index contributed by atoms with van der Waals surface area (Å²) in [5, 5.41) is 0. The van der Waals surface area contributed by atoms with E-state index in [1.54, 1.807) is 6.92 Å². The average Bonchev–Trinajstić information content (AvgIpc) is 2.10. The molecule has 1 rings (SSSR count). The fourth-order valence-electron chi connectivity index (χ4n) is 1.33. The van der Waals surface area contributed by atoms with Crippen LogP contribution in [0.5, 0.6) is 0 Å². The van der Waals surface area contributed by atoms with Crippen LogP contribution in [0.1, 0.15) is 11.1 Å². The zero-order chi connectivity index (χ0) is 13.2. The molecule has 1 amide bonds. The van der Waals surface area contributed by atoms with Crippen LogP contribution in [-0.2, 0) is 19.3 Å². The van der Waals surface area contributed by atoms with Crippen LogP contribution in [0, 0.1) is 12.7 Å². The molecule has 1 aromatic carbocycles. The normalized spacial score (nSPS) is 12.2. The molecule has 0 aliphatic rings. The van der Waals surface area contributed by atoms with Gasteiger partial charge in [-0.05, 0) is 0 Å². The van der Waals surface area contributed by atoms with Crippen molar-refractivity contribution in [2.24, 2.45) is 5.73 Å². The van der Waals surface area contributed by atoms with Gasteiger partial charge in [0.2, 0.25) is 0 Å². The van der Waals surface area contributed by atoms with Crippen LogP contribution in [0.25, 0.3) is 0 Å². The molecule has 93 valence electrons. The van der Waals surface area contributed by atoms with Crippen LogP contribution < -0.4 is 10.1 Å². The van der Waals surface area contributed by atoms with Gasteiger partial charge in [0.1, 0.15) is 0 Å². The van der Waals surface area contributed by atoms with Gasteiger partial charge in [-0.2, -0.15) is 0 Å². The molecule has 0 fully saturated rings. The summed E-state index contributed by atoms with van der Waals surface area (Å²) in [6, 6.07) is 2.67. The van der Waals surface area contributed by atoms with E-state index >= 15 is 0 Å². The number of aryl methyl sites for hydroxylation is 1. The number of rotatable bonds is 4. The van der Waals surface area contributed by atoms with E-state index in [0.29, 0.717) is 9.91 Å². The third kappa shape index (κ3) is 4.48. The molecular formula is C10H12AsFNO3S. The maximum atomic E-state index is 13.6. The second-order valence-corrected chi connectivity index (χ2v) is 11.7. The molecule has 1 radical (unpaired) electrons. The second kappa shape index (κ2) is 5.19. The number of carbonyl (C=O) groups excluding carboxylic acids is 1. The Morgan fingerprint density at radius 3 is 2.53 bits per heavy atom. The average molecular weight is 320 g/mol. The summed E-state index contributed by atoms with van der Waals surface area (Å²) in [5.41, 5.74) is 5.86. The molecule has 0 saturated carbocycles. The van der Waals surface area contributed by atoms with Crippen molar-refractivity contribution in [2.45, 2.75) is 13.3 Å². The Hall–Kier alpha value is -0.872. The molecule has 2 N–H and O–H groups in total. The number of primary amides is 1. The fourth-order valence-corrected chi connectivity index (χ4v) is 5.75. The first-order valence-corrected chi connectivity index (χ1v) is 9.78. The van der Waals surface area contributed by atoms with Gasteiger partial charge in [0.05, 0.1) is 0 Å². The standard InChI is InChI=1S/C10H12AsFNO3S/c1-6-3-7(4-10(13)14)9(12)5-8(6)11-17(2,15)16/h3,5H,4H2,1-2H3,(H2,13,14). The van der Waals surface area contributed by atoms with Gasteiger partial charge in [0.15, 0.2) is 0 Å². The van der Waals surface area contributed by atoms with Gasteiger partial charge in [-0.1, -0.05) is 0 Å². The molecule has 0 saturated heterocycles. The van der Waals surface area contributed by atoms with Gasteiger partial charge in [-0.25, -0.2) is 0 Å². The number of carbonyl (C=O) groups is 1. The molecule has 0 aromatic heterocycles. The number of amides is 1. The molecule has 7 heteroatoms. The van der Waals surface area contributed by atoms with Crippen LogP contribution >= 0.6 is 0 Å². The summed E-state index contributed by atoms with van der Waals surface area (Å²) < 4.78 is 36.4. The molecule has 0 spiro atoms. The number of hydrogen-bond donors (Lipinski definition) is 1. The third-order valence-corrected chi connectivity index (χ3v) is 6.86. The Morgan fingerprint density at radius 1 is 1.47 bits per heavy atom. The van der Waals surface area contributed by atoms with Gasteiger partial charge in [-0.3, -0.25) is 0 Å². The van der Waals surface area contributed by atoms with Crippen LogP contribution in [-0.4, -0.2) is 35.2 Å². The van der Waals surface area contributed by atoms with Crippen molar-refractivity contribution in [3.8, 4) is 0 Å². The molecule has 0 aliphatic carbocycles. The predicted octanol–water partition coefficient (Wildman–Crippen LogP) is -0.549. The number of benzene rings is 1. The van der Waals surface area contributed by atoms with Gasteiger partial charge in [-0.15, -0.1) is 0 Å². The monoisotopic (exact) mass is 320 g/mol. The van der Waals surface area contributed by atoms with E-state index in [-0.39, 0.29) is 12.0 Å². The summed E-state index contributed by atoms with van der Waals surface area (Å²) in [4.78, 5) is 10.7. The van der Waals surface area contributed by atoms with Crippen molar-refractivity contribution in [2.75, 3.05) is 6.26 Å². The molecule has 4 nitrogen and oxygen atoms in total. The molecule has 0 aliphatic heterocycles. The predicted molar refractivity (Wildman–Crippen MR) is 64.3 cm³/mol. The van der Waals surface area contributed by atoms with Crippen molar-refractivity contribution >= 4 is 33.0 Å². The number of hydrogen-bond acceptors (Lipinski definition) is 3. The molecule has 0 bridgehead atoms. The zero-order valence-corrected chi connectivity index (χ0v) is 12.1. The first-order chi connectivity index (χ1) is 7.69. The van der Waals surface area contributed by atoms with Crippen molar-refractivity contribution in [3.63, 3.8) is 0 Å². The first-order valence-electron chi connectivity index (χ1n) is 4.69. The molecule has 0 atom stereocenters. The second-order valence-electron chi connectivity index (χ2n) is 3.70. The Kier molecular flexibility index (Phi) is 4.33. The minimum absolute atomic E-state index is 0.178. The van der Waals surface area contributed by atoms with Gasteiger partial charge in [0.25, 0.3) is 0 Å². The molecule has 0 unspecified atom stereocenters. The van der Waals surface area contributed by atoms with Crippen LogP contribution in [0.4, 0.5) is 4.39 Å². The number of nitrogens with two attached hydrogens (primary N) is 1. The van der Waals surface area contributed by atoms with Crippen LogP contribution in [0.3, 0.4) is 0 Å². The van der Waals surface area contributed by atoms with E-state index in [2.05, 4.69) is 0 Å². The molecule has 1 aromatic rings.